The van der Waals surface area contributed by atoms with Crippen LogP contribution < -0.4 is 10.2 Å². The van der Waals surface area contributed by atoms with E-state index < -0.39 is 0 Å². The lowest BCUT2D eigenvalue weighted by atomic mass is 10.1. The van der Waals surface area contributed by atoms with Crippen molar-refractivity contribution in [3.8, 4) is 0 Å². The second kappa shape index (κ2) is 7.25. The van der Waals surface area contributed by atoms with Crippen LogP contribution in [0.4, 0.5) is 5.82 Å². The third-order valence-corrected chi connectivity index (χ3v) is 4.19. The van der Waals surface area contributed by atoms with Crippen LogP contribution in [0.5, 0.6) is 0 Å². The molecule has 1 heterocycles. The van der Waals surface area contributed by atoms with Gasteiger partial charge >= 0.3 is 0 Å². The highest BCUT2D eigenvalue weighted by atomic mass is 79.9. The molecule has 5 heteroatoms. The van der Waals surface area contributed by atoms with Crippen LogP contribution in [0.15, 0.2) is 41.0 Å². The van der Waals surface area contributed by atoms with Gasteiger partial charge in [-0.3, -0.25) is 0 Å². The number of hydrogen-bond acceptors (Lipinski definition) is 3. The number of rotatable bonds is 5. The van der Waals surface area contributed by atoms with Gasteiger partial charge in [-0.25, -0.2) is 4.98 Å². The first kappa shape index (κ1) is 16.3. The molecular weight excluding hydrogens is 350 g/mol. The summed E-state index contributed by atoms with van der Waals surface area (Å²) in [6.45, 7) is 2.92. The van der Waals surface area contributed by atoms with E-state index in [1.807, 2.05) is 31.4 Å². The summed E-state index contributed by atoms with van der Waals surface area (Å²) < 4.78 is 0.986. The molecule has 1 aromatic carbocycles. The van der Waals surface area contributed by atoms with Crippen LogP contribution in [0.3, 0.4) is 0 Å². The smallest absolute Gasteiger partial charge is 0.133 e. The molecule has 0 aliphatic carbocycles. The van der Waals surface area contributed by atoms with Crippen molar-refractivity contribution >= 4 is 33.3 Å². The first-order valence-electron chi connectivity index (χ1n) is 6.80. The molecule has 1 N–H and O–H groups in total. The molecule has 0 aliphatic rings. The van der Waals surface area contributed by atoms with Gasteiger partial charge in [0.05, 0.1) is 6.04 Å². The lowest BCUT2D eigenvalue weighted by Crippen LogP contribution is -2.25. The summed E-state index contributed by atoms with van der Waals surface area (Å²) in [7, 11) is 3.99. The molecule has 0 saturated carbocycles. The van der Waals surface area contributed by atoms with Gasteiger partial charge in [-0.15, -0.1) is 0 Å². The topological polar surface area (TPSA) is 28.2 Å². The van der Waals surface area contributed by atoms with Gasteiger partial charge in [-0.05, 0) is 53.7 Å². The third kappa shape index (κ3) is 3.96. The molecule has 2 aromatic rings. The summed E-state index contributed by atoms with van der Waals surface area (Å²) in [6.07, 6.45) is 1.83. The molecule has 2 rings (SSSR count). The predicted molar refractivity (Wildman–Crippen MR) is 93.0 cm³/mol. The van der Waals surface area contributed by atoms with Gasteiger partial charge in [0.15, 0.2) is 0 Å². The minimum absolute atomic E-state index is 0.188. The number of anilines is 1. The summed E-state index contributed by atoms with van der Waals surface area (Å²) in [5, 5.41) is 3.94. The monoisotopic (exact) mass is 367 g/mol. The average molecular weight is 369 g/mol. The van der Waals surface area contributed by atoms with Crippen molar-refractivity contribution in [2.45, 2.75) is 19.5 Å². The molecule has 1 unspecified atom stereocenters. The Hall–Kier alpha value is -1.10. The zero-order valence-corrected chi connectivity index (χ0v) is 14.7. The largest absolute Gasteiger partial charge is 0.353 e. The Balaban J connectivity index is 2.32. The first-order valence-corrected chi connectivity index (χ1v) is 7.97. The number of halogens is 2. The van der Waals surface area contributed by atoms with Crippen molar-refractivity contribution in [1.82, 2.24) is 10.3 Å². The van der Waals surface area contributed by atoms with E-state index in [4.69, 9.17) is 11.6 Å². The summed E-state index contributed by atoms with van der Waals surface area (Å²) >= 11 is 9.57. The Bertz CT molecular complexity index is 618. The van der Waals surface area contributed by atoms with Crippen LogP contribution in [0.2, 0.25) is 5.02 Å². The Morgan fingerprint density at radius 3 is 2.81 bits per heavy atom. The molecule has 0 spiro atoms. The van der Waals surface area contributed by atoms with Crippen LogP contribution in [0.25, 0.3) is 0 Å². The normalized spacial score (nSPS) is 12.2. The number of benzene rings is 1. The van der Waals surface area contributed by atoms with E-state index in [9.17, 15) is 0 Å². The fourth-order valence-electron chi connectivity index (χ4n) is 2.29. The molecule has 21 heavy (non-hydrogen) atoms. The fourth-order valence-corrected chi connectivity index (χ4v) is 2.86. The van der Waals surface area contributed by atoms with Gasteiger partial charge < -0.3 is 10.2 Å². The Kier molecular flexibility index (Phi) is 5.62. The highest BCUT2D eigenvalue weighted by Gasteiger charge is 2.17. The van der Waals surface area contributed by atoms with E-state index in [-0.39, 0.29) is 6.04 Å². The minimum Gasteiger partial charge on any atom is -0.353 e. The number of hydrogen-bond donors (Lipinski definition) is 1. The first-order chi connectivity index (χ1) is 10.0. The summed E-state index contributed by atoms with van der Waals surface area (Å²) in [4.78, 5) is 6.74. The maximum absolute atomic E-state index is 6.09. The fraction of sp³-hybridized carbons (Fsp3) is 0.312. The maximum atomic E-state index is 6.09. The van der Waals surface area contributed by atoms with E-state index in [0.29, 0.717) is 0 Å². The van der Waals surface area contributed by atoms with Crippen molar-refractivity contribution in [1.29, 1.82) is 0 Å². The molecule has 1 aromatic heterocycles. The van der Waals surface area contributed by atoms with Crippen LogP contribution in [-0.2, 0) is 6.54 Å². The highest BCUT2D eigenvalue weighted by molar-refractivity contribution is 9.10. The highest BCUT2D eigenvalue weighted by Crippen LogP contribution is 2.29. The molecule has 0 bridgehead atoms. The van der Waals surface area contributed by atoms with E-state index in [0.717, 1.165) is 27.4 Å². The van der Waals surface area contributed by atoms with Gasteiger partial charge in [0.2, 0.25) is 0 Å². The van der Waals surface area contributed by atoms with Gasteiger partial charge in [0, 0.05) is 34.8 Å². The molecule has 0 radical (unpaired) electrons. The van der Waals surface area contributed by atoms with Crippen LogP contribution in [0.1, 0.15) is 24.1 Å². The van der Waals surface area contributed by atoms with Crippen LogP contribution in [0, 0.1) is 0 Å². The van der Waals surface area contributed by atoms with E-state index >= 15 is 0 Å². The van der Waals surface area contributed by atoms with Gasteiger partial charge in [-0.2, -0.15) is 0 Å². The van der Waals surface area contributed by atoms with Gasteiger partial charge in [0.1, 0.15) is 5.82 Å². The molecular formula is C16H19BrClN3. The molecule has 3 nitrogen and oxygen atoms in total. The lowest BCUT2D eigenvalue weighted by molar-refractivity contribution is 0.714. The zero-order valence-electron chi connectivity index (χ0n) is 12.4. The molecule has 0 amide bonds. The molecule has 1 atom stereocenters. The number of pyridine rings is 1. The standard InChI is InChI=1S/C16H19BrClN3/c1-11(12-5-4-6-15(18)8-12)21(3)16-13(9-19-2)7-14(17)10-20-16/h4-8,10-11,19H,9H2,1-3H3. The minimum atomic E-state index is 0.188. The summed E-state index contributed by atoms with van der Waals surface area (Å²) in [5.41, 5.74) is 2.33. The quantitative estimate of drug-likeness (QED) is 0.847. The second-order valence-electron chi connectivity index (χ2n) is 5.01. The van der Waals surface area contributed by atoms with E-state index in [1.54, 1.807) is 0 Å². The van der Waals surface area contributed by atoms with E-state index in [1.165, 1.54) is 5.56 Å². The Labute approximate surface area is 139 Å². The molecule has 0 fully saturated rings. The van der Waals surface area contributed by atoms with Crippen molar-refractivity contribution in [2.24, 2.45) is 0 Å². The van der Waals surface area contributed by atoms with Crippen LogP contribution in [-0.4, -0.2) is 19.1 Å². The lowest BCUT2D eigenvalue weighted by Gasteiger charge is -2.28. The average Bonchev–Trinajstić information content (AvgIpc) is 2.46. The Morgan fingerprint density at radius 2 is 2.14 bits per heavy atom. The van der Waals surface area contributed by atoms with Crippen molar-refractivity contribution < 1.29 is 0 Å². The third-order valence-electron chi connectivity index (χ3n) is 3.52. The van der Waals surface area contributed by atoms with Gasteiger partial charge in [-0.1, -0.05) is 23.7 Å². The van der Waals surface area contributed by atoms with Crippen LogP contribution >= 0.6 is 27.5 Å². The number of aromatic nitrogens is 1. The summed E-state index contributed by atoms with van der Waals surface area (Å²) in [6, 6.07) is 10.2. The molecule has 0 saturated heterocycles. The predicted octanol–water partition coefficient (Wildman–Crippen LogP) is 4.41. The van der Waals surface area contributed by atoms with E-state index in [2.05, 4.69) is 57.2 Å². The number of nitrogens with zero attached hydrogens (tertiary/aromatic N) is 2. The van der Waals surface area contributed by atoms with Crippen molar-refractivity contribution in [2.75, 3.05) is 19.0 Å². The van der Waals surface area contributed by atoms with Crippen molar-refractivity contribution in [3.05, 3.63) is 57.2 Å². The number of nitrogens with one attached hydrogen (secondary N) is 1. The Morgan fingerprint density at radius 1 is 1.38 bits per heavy atom. The van der Waals surface area contributed by atoms with Crippen molar-refractivity contribution in [3.63, 3.8) is 0 Å². The molecule has 0 aliphatic heterocycles. The SMILES string of the molecule is CNCc1cc(Br)cnc1N(C)C(C)c1cccc(Cl)c1. The summed E-state index contributed by atoms with van der Waals surface area (Å²) in [5.74, 6) is 0.972. The second-order valence-corrected chi connectivity index (χ2v) is 6.36. The maximum Gasteiger partial charge on any atom is 0.133 e. The molecule has 112 valence electrons. The van der Waals surface area contributed by atoms with Gasteiger partial charge in [0.25, 0.3) is 0 Å². The zero-order chi connectivity index (χ0) is 15.4.